The van der Waals surface area contributed by atoms with Crippen LogP contribution in [-0.4, -0.2) is 22.9 Å². The number of carbonyl (C=O) groups excluding carboxylic acids is 1. The van der Waals surface area contributed by atoms with Crippen molar-refractivity contribution in [1.82, 2.24) is 0 Å². The summed E-state index contributed by atoms with van der Waals surface area (Å²) in [6, 6.07) is 6.47. The maximum Gasteiger partial charge on any atom is 0.270 e. The molecule has 5 nitrogen and oxygen atoms in total. The minimum absolute atomic E-state index is 0.00858. The van der Waals surface area contributed by atoms with Crippen LogP contribution in [0.5, 0.6) is 0 Å². The molecule has 2 atom stereocenters. The van der Waals surface area contributed by atoms with Gasteiger partial charge in [0.1, 0.15) is 0 Å². The molecule has 0 amide bonds. The Kier molecular flexibility index (Phi) is 3.22. The second-order valence-corrected chi connectivity index (χ2v) is 5.60. The van der Waals surface area contributed by atoms with E-state index in [-0.39, 0.29) is 17.4 Å². The summed E-state index contributed by atoms with van der Waals surface area (Å²) >= 11 is 0. The lowest BCUT2D eigenvalue weighted by atomic mass is 9.78. The first kappa shape index (κ1) is 13.7. The Morgan fingerprint density at radius 1 is 1.48 bits per heavy atom. The van der Waals surface area contributed by atoms with Crippen LogP contribution in [-0.2, 0) is 9.53 Å². The van der Waals surface area contributed by atoms with Gasteiger partial charge in [0, 0.05) is 24.5 Å². The van der Waals surface area contributed by atoms with Crippen molar-refractivity contribution >= 4 is 17.5 Å². The van der Waals surface area contributed by atoms with E-state index in [0.717, 1.165) is 11.1 Å². The molecule has 0 bridgehead atoms. The van der Waals surface area contributed by atoms with Gasteiger partial charge in [-0.1, -0.05) is 18.2 Å². The van der Waals surface area contributed by atoms with E-state index < -0.39 is 10.5 Å². The Hall–Kier alpha value is -2.27. The van der Waals surface area contributed by atoms with Crippen LogP contribution in [0.15, 0.2) is 42.0 Å². The molecule has 0 spiro atoms. The molecule has 1 aromatic carbocycles. The fraction of sp³-hybridized carbons (Fsp3) is 0.312. The SMILES string of the molecule is C[C@@]12C=CC(=O)C[C@@H]1/C(=C\c1cccc([N+](=O)[O-])c1)CO2. The minimum Gasteiger partial charge on any atom is -0.366 e. The van der Waals surface area contributed by atoms with E-state index in [4.69, 9.17) is 4.74 Å². The molecule has 1 heterocycles. The van der Waals surface area contributed by atoms with Crippen molar-refractivity contribution in [1.29, 1.82) is 0 Å². The standard InChI is InChI=1S/C16H15NO4/c1-16-6-5-14(18)9-15(16)12(10-21-16)7-11-3-2-4-13(8-11)17(19)20/h2-8,15H,9-10H2,1H3/b12-7-/t15-,16-/m1/s1. The monoisotopic (exact) mass is 285 g/mol. The Balaban J connectivity index is 1.94. The van der Waals surface area contributed by atoms with Crippen molar-refractivity contribution in [2.75, 3.05) is 6.61 Å². The maximum atomic E-state index is 11.6. The molecule has 0 N–H and O–H groups in total. The van der Waals surface area contributed by atoms with Crippen molar-refractivity contribution in [2.24, 2.45) is 5.92 Å². The van der Waals surface area contributed by atoms with Crippen LogP contribution < -0.4 is 0 Å². The molecule has 0 radical (unpaired) electrons. The summed E-state index contributed by atoms with van der Waals surface area (Å²) in [5.74, 6) is 0.0992. The number of allylic oxidation sites excluding steroid dienone is 1. The maximum absolute atomic E-state index is 11.6. The van der Waals surface area contributed by atoms with Gasteiger partial charge < -0.3 is 4.74 Å². The molecule has 21 heavy (non-hydrogen) atoms. The number of hydrogen-bond acceptors (Lipinski definition) is 4. The third-order valence-corrected chi connectivity index (χ3v) is 4.13. The molecule has 1 aliphatic heterocycles. The molecule has 5 heteroatoms. The van der Waals surface area contributed by atoms with Gasteiger partial charge in [0.15, 0.2) is 5.78 Å². The predicted molar refractivity (Wildman–Crippen MR) is 77.7 cm³/mol. The average Bonchev–Trinajstić information content (AvgIpc) is 2.77. The van der Waals surface area contributed by atoms with Crippen molar-refractivity contribution < 1.29 is 14.5 Å². The van der Waals surface area contributed by atoms with Crippen LogP contribution in [0.3, 0.4) is 0 Å². The molecular formula is C16H15NO4. The summed E-state index contributed by atoms with van der Waals surface area (Å²) in [4.78, 5) is 22.0. The number of nitro benzene ring substituents is 1. The highest BCUT2D eigenvalue weighted by Gasteiger charge is 2.44. The summed E-state index contributed by atoms with van der Waals surface area (Å²) in [6.07, 6.45) is 5.72. The van der Waals surface area contributed by atoms with Gasteiger partial charge in [0.25, 0.3) is 5.69 Å². The normalized spacial score (nSPS) is 29.7. The minimum atomic E-state index is -0.444. The van der Waals surface area contributed by atoms with Crippen molar-refractivity contribution in [2.45, 2.75) is 18.9 Å². The quantitative estimate of drug-likeness (QED) is 0.619. The molecule has 0 unspecified atom stereocenters. The second-order valence-electron chi connectivity index (χ2n) is 5.60. The largest absolute Gasteiger partial charge is 0.366 e. The van der Waals surface area contributed by atoms with Gasteiger partial charge in [-0.15, -0.1) is 0 Å². The van der Waals surface area contributed by atoms with Gasteiger partial charge in [-0.05, 0) is 30.2 Å². The Morgan fingerprint density at radius 3 is 3.05 bits per heavy atom. The molecule has 1 aliphatic carbocycles. The summed E-state index contributed by atoms with van der Waals surface area (Å²) in [5, 5.41) is 10.8. The van der Waals surface area contributed by atoms with Crippen LogP contribution in [0.4, 0.5) is 5.69 Å². The molecule has 1 saturated heterocycles. The van der Waals surface area contributed by atoms with Gasteiger partial charge in [-0.25, -0.2) is 0 Å². The fourth-order valence-electron chi connectivity index (χ4n) is 2.92. The van der Waals surface area contributed by atoms with E-state index in [1.807, 2.05) is 25.1 Å². The number of carbonyl (C=O) groups is 1. The molecule has 3 rings (SSSR count). The lowest BCUT2D eigenvalue weighted by Gasteiger charge is -2.29. The Bertz CT molecular complexity index is 677. The molecular weight excluding hydrogens is 270 g/mol. The second kappa shape index (κ2) is 4.93. The molecule has 0 saturated carbocycles. The number of ketones is 1. The molecule has 1 fully saturated rings. The summed E-state index contributed by atoms with van der Waals surface area (Å²) in [5.41, 5.74) is 1.39. The molecule has 1 aromatic rings. The fourth-order valence-corrected chi connectivity index (χ4v) is 2.92. The number of fused-ring (bicyclic) bond motifs is 1. The highest BCUT2D eigenvalue weighted by Crippen LogP contribution is 2.42. The van der Waals surface area contributed by atoms with E-state index in [2.05, 4.69) is 0 Å². The first-order valence-corrected chi connectivity index (χ1v) is 6.79. The first-order chi connectivity index (χ1) is 9.98. The zero-order valence-corrected chi connectivity index (χ0v) is 11.6. The lowest BCUT2D eigenvalue weighted by Crippen LogP contribution is -2.34. The number of non-ortho nitro benzene ring substituents is 1. The average molecular weight is 285 g/mol. The smallest absolute Gasteiger partial charge is 0.270 e. The van der Waals surface area contributed by atoms with Crippen molar-refractivity contribution in [3.8, 4) is 0 Å². The number of ether oxygens (including phenoxy) is 1. The van der Waals surface area contributed by atoms with Gasteiger partial charge in [-0.3, -0.25) is 14.9 Å². The van der Waals surface area contributed by atoms with E-state index >= 15 is 0 Å². The van der Waals surface area contributed by atoms with Gasteiger partial charge >= 0.3 is 0 Å². The summed E-state index contributed by atoms with van der Waals surface area (Å²) < 4.78 is 5.81. The molecule has 0 aromatic heterocycles. The van der Waals surface area contributed by atoms with Gasteiger partial charge in [0.05, 0.1) is 17.1 Å². The van der Waals surface area contributed by atoms with Crippen molar-refractivity contribution in [3.05, 3.63) is 57.7 Å². The number of nitrogens with zero attached hydrogens (tertiary/aromatic N) is 1. The summed E-state index contributed by atoms with van der Waals surface area (Å²) in [6.45, 7) is 2.41. The van der Waals surface area contributed by atoms with Gasteiger partial charge in [0.2, 0.25) is 0 Å². The van der Waals surface area contributed by atoms with E-state index in [9.17, 15) is 14.9 Å². The summed E-state index contributed by atoms with van der Waals surface area (Å²) in [7, 11) is 0. The Morgan fingerprint density at radius 2 is 2.29 bits per heavy atom. The topological polar surface area (TPSA) is 69.4 Å². The molecule has 108 valence electrons. The third-order valence-electron chi connectivity index (χ3n) is 4.13. The van der Waals surface area contributed by atoms with Crippen LogP contribution >= 0.6 is 0 Å². The number of nitro groups is 1. The van der Waals surface area contributed by atoms with Crippen LogP contribution in [0.25, 0.3) is 6.08 Å². The third kappa shape index (κ3) is 2.52. The van der Waals surface area contributed by atoms with Crippen LogP contribution in [0.2, 0.25) is 0 Å². The lowest BCUT2D eigenvalue weighted by molar-refractivity contribution is -0.384. The number of benzene rings is 1. The zero-order valence-electron chi connectivity index (χ0n) is 11.6. The van der Waals surface area contributed by atoms with Crippen LogP contribution in [0.1, 0.15) is 18.9 Å². The van der Waals surface area contributed by atoms with E-state index in [0.29, 0.717) is 13.0 Å². The Labute approximate surface area is 122 Å². The highest BCUT2D eigenvalue weighted by molar-refractivity contribution is 5.91. The highest BCUT2D eigenvalue weighted by atomic mass is 16.6. The van der Waals surface area contributed by atoms with E-state index in [1.54, 1.807) is 12.1 Å². The van der Waals surface area contributed by atoms with Gasteiger partial charge in [-0.2, -0.15) is 0 Å². The van der Waals surface area contributed by atoms with E-state index in [1.165, 1.54) is 12.1 Å². The molecule has 2 aliphatic rings. The predicted octanol–water partition coefficient (Wildman–Crippen LogP) is 2.91. The first-order valence-electron chi connectivity index (χ1n) is 6.79. The van der Waals surface area contributed by atoms with Crippen molar-refractivity contribution in [3.63, 3.8) is 0 Å². The number of rotatable bonds is 2. The zero-order chi connectivity index (χ0) is 15.0. The number of hydrogen-bond donors (Lipinski definition) is 0. The van der Waals surface area contributed by atoms with Crippen LogP contribution in [0, 0.1) is 16.0 Å².